The van der Waals surface area contributed by atoms with Crippen molar-refractivity contribution in [3.63, 3.8) is 0 Å². The fourth-order valence-corrected chi connectivity index (χ4v) is 2.09. The second-order valence-electron chi connectivity index (χ2n) is 3.24. The molecule has 0 aliphatic heterocycles. The molecule has 3 N–H and O–H groups in total. The predicted molar refractivity (Wildman–Crippen MR) is 75.5 cm³/mol. The van der Waals surface area contributed by atoms with Crippen LogP contribution in [0.3, 0.4) is 0 Å². The van der Waals surface area contributed by atoms with Crippen LogP contribution in [0.4, 0.5) is 0 Å². The molecule has 17 heavy (non-hydrogen) atoms. The summed E-state index contributed by atoms with van der Waals surface area (Å²) in [6.45, 7) is 0. The highest BCUT2D eigenvalue weighted by Gasteiger charge is 2.10. The first-order valence-electron chi connectivity index (χ1n) is 4.86. The number of furan rings is 1. The van der Waals surface area contributed by atoms with Gasteiger partial charge in [0.05, 0.1) is 11.8 Å². The molecule has 0 radical (unpaired) electrons. The maximum Gasteiger partial charge on any atom is 0.184 e. The number of hydrazone groups is 1. The Hall–Kier alpha value is -1.53. The molecule has 1 aromatic heterocycles. The molecule has 6 heteroatoms. The number of fused-ring (bicyclic) bond motifs is 1. The highest BCUT2D eigenvalue weighted by Crippen LogP contribution is 2.30. The van der Waals surface area contributed by atoms with E-state index in [4.69, 9.17) is 10.2 Å². The smallest absolute Gasteiger partial charge is 0.184 e. The van der Waals surface area contributed by atoms with E-state index in [2.05, 4.69) is 22.7 Å². The van der Waals surface area contributed by atoms with Gasteiger partial charge in [-0.2, -0.15) is 5.10 Å². The minimum Gasteiger partial charge on any atom is -0.449 e. The molecule has 0 saturated carbocycles. The summed E-state index contributed by atoms with van der Waals surface area (Å²) in [4.78, 5) is 0. The van der Waals surface area contributed by atoms with Gasteiger partial charge in [-0.05, 0) is 24.5 Å². The largest absolute Gasteiger partial charge is 0.449 e. The summed E-state index contributed by atoms with van der Waals surface area (Å²) < 4.78 is 5.69. The van der Waals surface area contributed by atoms with E-state index in [1.54, 1.807) is 6.21 Å². The number of thioether (sulfide) groups is 1. The standard InChI is InChI=1S/C11H11N3OS2/c1-17-10-8(6-13-14-11(12)16)7-4-2-3-5-9(7)15-10/h2-6H,1H3,(H3,12,14,16)/b13-6+. The van der Waals surface area contributed by atoms with Gasteiger partial charge >= 0.3 is 0 Å². The van der Waals surface area contributed by atoms with Gasteiger partial charge in [-0.3, -0.25) is 5.43 Å². The van der Waals surface area contributed by atoms with Crippen molar-refractivity contribution in [1.82, 2.24) is 5.43 Å². The number of nitrogens with two attached hydrogens (primary N) is 1. The lowest BCUT2D eigenvalue weighted by atomic mass is 10.2. The molecular weight excluding hydrogens is 254 g/mol. The molecule has 2 aromatic rings. The normalized spacial score (nSPS) is 11.1. The fraction of sp³-hybridized carbons (Fsp3) is 0.0909. The van der Waals surface area contributed by atoms with E-state index < -0.39 is 0 Å². The number of rotatable bonds is 3. The van der Waals surface area contributed by atoms with E-state index in [0.717, 1.165) is 21.6 Å². The lowest BCUT2D eigenvalue weighted by Crippen LogP contribution is -2.24. The number of hydrogen-bond acceptors (Lipinski definition) is 4. The van der Waals surface area contributed by atoms with Crippen molar-refractivity contribution in [2.24, 2.45) is 10.8 Å². The molecule has 0 saturated heterocycles. The zero-order chi connectivity index (χ0) is 12.3. The van der Waals surface area contributed by atoms with Crippen LogP contribution in [0.2, 0.25) is 0 Å². The second-order valence-corrected chi connectivity index (χ2v) is 4.46. The van der Waals surface area contributed by atoms with Crippen molar-refractivity contribution in [2.45, 2.75) is 5.09 Å². The van der Waals surface area contributed by atoms with Crippen LogP contribution in [0.15, 0.2) is 38.9 Å². The summed E-state index contributed by atoms with van der Waals surface area (Å²) in [5.74, 6) is 0. The molecule has 1 aromatic carbocycles. The Kier molecular flexibility index (Phi) is 3.65. The van der Waals surface area contributed by atoms with Crippen LogP contribution in [-0.4, -0.2) is 17.6 Å². The second kappa shape index (κ2) is 5.20. The van der Waals surface area contributed by atoms with Gasteiger partial charge in [-0.25, -0.2) is 0 Å². The van der Waals surface area contributed by atoms with Crippen molar-refractivity contribution in [1.29, 1.82) is 0 Å². The Bertz CT molecular complexity index is 577. The SMILES string of the molecule is CSc1oc2ccccc2c1/C=N/NC(N)=S. The lowest BCUT2D eigenvalue weighted by Gasteiger charge is -1.95. The van der Waals surface area contributed by atoms with E-state index in [-0.39, 0.29) is 5.11 Å². The molecule has 0 unspecified atom stereocenters. The van der Waals surface area contributed by atoms with Crippen molar-refractivity contribution in [3.05, 3.63) is 29.8 Å². The summed E-state index contributed by atoms with van der Waals surface area (Å²) in [7, 11) is 0. The van der Waals surface area contributed by atoms with E-state index in [9.17, 15) is 0 Å². The van der Waals surface area contributed by atoms with Crippen LogP contribution in [0.25, 0.3) is 11.0 Å². The molecule has 0 amide bonds. The van der Waals surface area contributed by atoms with Gasteiger partial charge in [0.2, 0.25) is 0 Å². The summed E-state index contributed by atoms with van der Waals surface area (Å²) in [5.41, 5.74) is 9.59. The lowest BCUT2D eigenvalue weighted by molar-refractivity contribution is 0.514. The Morgan fingerprint density at radius 3 is 3.00 bits per heavy atom. The Morgan fingerprint density at radius 2 is 2.29 bits per heavy atom. The van der Waals surface area contributed by atoms with E-state index in [1.165, 1.54) is 11.8 Å². The average Bonchev–Trinajstić information content (AvgIpc) is 2.67. The van der Waals surface area contributed by atoms with E-state index >= 15 is 0 Å². The highest BCUT2D eigenvalue weighted by atomic mass is 32.2. The molecule has 1 heterocycles. The highest BCUT2D eigenvalue weighted by molar-refractivity contribution is 7.98. The number of benzene rings is 1. The summed E-state index contributed by atoms with van der Waals surface area (Å²) in [5, 5.41) is 5.93. The first-order valence-corrected chi connectivity index (χ1v) is 6.49. The van der Waals surface area contributed by atoms with Crippen LogP contribution in [0, 0.1) is 0 Å². The molecule has 0 atom stereocenters. The van der Waals surface area contributed by atoms with Gasteiger partial charge in [0, 0.05) is 5.39 Å². The fourth-order valence-electron chi connectivity index (χ4n) is 1.48. The number of thiocarbonyl (C=S) groups is 1. The number of nitrogens with one attached hydrogen (secondary N) is 1. The van der Waals surface area contributed by atoms with Crippen molar-refractivity contribution in [3.8, 4) is 0 Å². The maximum absolute atomic E-state index is 5.69. The monoisotopic (exact) mass is 265 g/mol. The van der Waals surface area contributed by atoms with Gasteiger partial charge in [0.25, 0.3) is 0 Å². The first-order chi connectivity index (χ1) is 8.22. The van der Waals surface area contributed by atoms with Crippen LogP contribution in [-0.2, 0) is 0 Å². The average molecular weight is 265 g/mol. The molecular formula is C11H11N3OS2. The predicted octanol–water partition coefficient (Wildman–Crippen LogP) is 2.32. The van der Waals surface area contributed by atoms with Crippen LogP contribution in [0.5, 0.6) is 0 Å². The van der Waals surface area contributed by atoms with Gasteiger partial charge < -0.3 is 10.2 Å². The first kappa shape index (κ1) is 11.9. The molecule has 0 bridgehead atoms. The van der Waals surface area contributed by atoms with E-state index in [1.807, 2.05) is 30.5 Å². The molecule has 0 spiro atoms. The third-order valence-corrected chi connectivity index (χ3v) is 2.92. The van der Waals surface area contributed by atoms with Gasteiger partial charge in [0.15, 0.2) is 10.2 Å². The molecule has 0 aliphatic rings. The van der Waals surface area contributed by atoms with Gasteiger partial charge in [0.1, 0.15) is 5.58 Å². The van der Waals surface area contributed by atoms with Crippen molar-refractivity contribution < 1.29 is 4.42 Å². The molecule has 0 aliphatic carbocycles. The Morgan fingerprint density at radius 1 is 1.53 bits per heavy atom. The number of hydrogen-bond donors (Lipinski definition) is 2. The van der Waals surface area contributed by atoms with Crippen LogP contribution < -0.4 is 11.2 Å². The summed E-state index contributed by atoms with van der Waals surface area (Å²) in [6.07, 6.45) is 3.62. The summed E-state index contributed by atoms with van der Waals surface area (Å²) in [6, 6.07) is 7.80. The van der Waals surface area contributed by atoms with Crippen molar-refractivity contribution in [2.75, 3.05) is 6.26 Å². The minimum atomic E-state index is 0.139. The third-order valence-electron chi connectivity index (χ3n) is 2.15. The zero-order valence-electron chi connectivity index (χ0n) is 9.14. The molecule has 88 valence electrons. The van der Waals surface area contributed by atoms with E-state index in [0.29, 0.717) is 0 Å². The van der Waals surface area contributed by atoms with Crippen molar-refractivity contribution >= 4 is 46.3 Å². The maximum atomic E-state index is 5.69. The quantitative estimate of drug-likeness (QED) is 0.386. The van der Waals surface area contributed by atoms with Gasteiger partial charge in [-0.15, -0.1) is 0 Å². The molecule has 0 fully saturated rings. The summed E-state index contributed by atoms with van der Waals surface area (Å²) >= 11 is 6.20. The number of nitrogens with zero attached hydrogens (tertiary/aromatic N) is 1. The van der Waals surface area contributed by atoms with Gasteiger partial charge in [-0.1, -0.05) is 30.0 Å². The topological polar surface area (TPSA) is 63.5 Å². The molecule has 4 nitrogen and oxygen atoms in total. The Balaban J connectivity index is 2.43. The zero-order valence-corrected chi connectivity index (χ0v) is 10.8. The Labute approximate surface area is 108 Å². The van der Waals surface area contributed by atoms with Crippen LogP contribution in [0.1, 0.15) is 5.56 Å². The minimum absolute atomic E-state index is 0.139. The number of para-hydroxylation sites is 1. The van der Waals surface area contributed by atoms with Crippen LogP contribution >= 0.6 is 24.0 Å². The molecule has 2 rings (SSSR count). The third kappa shape index (κ3) is 2.59.